The molecule has 6 heteroatoms. The number of aryl methyl sites for hydroxylation is 1. The van der Waals surface area contributed by atoms with Crippen molar-refractivity contribution >= 4 is 22.4 Å². The molecule has 0 aliphatic heterocycles. The van der Waals surface area contributed by atoms with Gasteiger partial charge in [-0.1, -0.05) is 29.8 Å². The molecule has 4 atom stereocenters. The second-order valence-corrected chi connectivity index (χ2v) is 7.88. The molecule has 0 amide bonds. The Labute approximate surface area is 148 Å². The number of methoxy groups -OCH3 is 1. The molecule has 0 saturated heterocycles. The summed E-state index contributed by atoms with van der Waals surface area (Å²) in [6.07, 6.45) is 4.59. The number of fused-ring (bicyclic) bond motifs is 1. The number of rotatable bonds is 3. The van der Waals surface area contributed by atoms with Gasteiger partial charge in [-0.2, -0.15) is 5.26 Å². The topological polar surface area (TPSA) is 84.2 Å². The number of allylic oxidation sites excluding steroid dienone is 3. The zero-order chi connectivity index (χ0) is 18.2. The molecule has 4 unspecified atom stereocenters. The third-order valence-corrected chi connectivity index (χ3v) is 6.96. The maximum Gasteiger partial charge on any atom is 0.181 e. The maximum atomic E-state index is 13.5. The van der Waals surface area contributed by atoms with Crippen molar-refractivity contribution in [2.75, 3.05) is 7.11 Å². The van der Waals surface area contributed by atoms with Crippen LogP contribution in [0.3, 0.4) is 0 Å². The van der Waals surface area contributed by atoms with Crippen molar-refractivity contribution in [1.29, 1.82) is 5.26 Å². The van der Waals surface area contributed by atoms with Gasteiger partial charge in [0.1, 0.15) is 10.9 Å². The quantitative estimate of drug-likeness (QED) is 0.775. The lowest BCUT2D eigenvalue weighted by Gasteiger charge is -2.48. The summed E-state index contributed by atoms with van der Waals surface area (Å²) in [6.45, 7) is 1.90. The fourth-order valence-electron chi connectivity index (χ4n) is 3.58. The number of hydrogen-bond acceptors (Lipinski definition) is 5. The summed E-state index contributed by atoms with van der Waals surface area (Å²) in [5.74, 6) is -1.04. The number of carbonyl (C=O) groups excluding carboxylic acids is 2. The van der Waals surface area contributed by atoms with E-state index in [-0.39, 0.29) is 6.42 Å². The van der Waals surface area contributed by atoms with Gasteiger partial charge < -0.3 is 4.74 Å². The summed E-state index contributed by atoms with van der Waals surface area (Å²) in [7, 11) is -0.533. The van der Waals surface area contributed by atoms with Crippen molar-refractivity contribution in [3.05, 3.63) is 54.1 Å². The zero-order valence-electron chi connectivity index (χ0n) is 13.9. The van der Waals surface area contributed by atoms with Crippen LogP contribution in [0.1, 0.15) is 12.0 Å². The normalized spacial score (nSPS) is 32.1. The minimum atomic E-state index is -1.90. The number of benzene rings is 1. The lowest BCUT2D eigenvalue weighted by Crippen LogP contribution is -2.67. The highest BCUT2D eigenvalue weighted by Crippen LogP contribution is 2.51. The van der Waals surface area contributed by atoms with E-state index < -0.39 is 38.6 Å². The van der Waals surface area contributed by atoms with Crippen LogP contribution in [0.4, 0.5) is 0 Å². The van der Waals surface area contributed by atoms with Crippen molar-refractivity contribution in [1.82, 2.24) is 0 Å². The van der Waals surface area contributed by atoms with Crippen LogP contribution in [0.5, 0.6) is 0 Å². The molecule has 3 rings (SSSR count). The summed E-state index contributed by atoms with van der Waals surface area (Å²) in [5, 5.41) is 9.97. The van der Waals surface area contributed by atoms with Gasteiger partial charge in [-0.05, 0) is 37.6 Å². The highest BCUT2D eigenvalue weighted by Gasteiger charge is 2.69. The van der Waals surface area contributed by atoms with Crippen LogP contribution in [0.15, 0.2) is 53.5 Å². The number of hydrogen-bond donors (Lipinski definition) is 0. The van der Waals surface area contributed by atoms with Crippen LogP contribution in [-0.2, 0) is 25.1 Å². The Bertz CT molecular complexity index is 864. The molecule has 0 heterocycles. The molecular formula is C19H17NO4S. The first-order valence-electron chi connectivity index (χ1n) is 7.80. The highest BCUT2D eigenvalue weighted by molar-refractivity contribution is 7.87. The molecule has 0 bridgehead atoms. The Balaban J connectivity index is 2.29. The molecule has 0 aromatic heterocycles. The molecule has 1 aromatic rings. The number of nitrogens with zero attached hydrogens (tertiary/aromatic N) is 1. The third-order valence-electron chi connectivity index (χ3n) is 4.93. The van der Waals surface area contributed by atoms with Crippen molar-refractivity contribution in [3.8, 4) is 6.07 Å². The van der Waals surface area contributed by atoms with Gasteiger partial charge in [-0.25, -0.2) is 0 Å². The Morgan fingerprint density at radius 3 is 2.44 bits per heavy atom. The number of nitriles is 1. The number of ether oxygens (including phenoxy) is 1. The second-order valence-electron chi connectivity index (χ2n) is 6.18. The lowest BCUT2D eigenvalue weighted by molar-refractivity contribution is -0.137. The summed E-state index contributed by atoms with van der Waals surface area (Å²) in [6, 6.07) is 8.92. The average Bonchev–Trinajstić information content (AvgIpc) is 2.64. The molecular weight excluding hydrogens is 338 g/mol. The molecule has 5 nitrogen and oxygen atoms in total. The number of ketones is 2. The van der Waals surface area contributed by atoms with E-state index in [0.29, 0.717) is 4.90 Å². The predicted molar refractivity (Wildman–Crippen MR) is 92.1 cm³/mol. The van der Waals surface area contributed by atoms with E-state index in [0.717, 1.165) is 17.7 Å². The predicted octanol–water partition coefficient (Wildman–Crippen LogP) is 2.03. The van der Waals surface area contributed by atoms with E-state index in [9.17, 15) is 19.1 Å². The Kier molecular flexibility index (Phi) is 4.31. The molecule has 1 aromatic carbocycles. The fraction of sp³-hybridized carbons (Fsp3) is 0.316. The molecule has 25 heavy (non-hydrogen) atoms. The van der Waals surface area contributed by atoms with Crippen molar-refractivity contribution < 1.29 is 18.5 Å². The van der Waals surface area contributed by atoms with Gasteiger partial charge in [0.05, 0.1) is 16.9 Å². The van der Waals surface area contributed by atoms with Crippen LogP contribution in [0.25, 0.3) is 0 Å². The zero-order valence-corrected chi connectivity index (χ0v) is 14.7. The van der Waals surface area contributed by atoms with Gasteiger partial charge in [-0.15, -0.1) is 0 Å². The standard InChI is InChI=1S/C19H17NO4S/c1-13-5-7-14(8-6-13)25(23)19-11-3-4-17(24-2)18(19,12-20)15(21)9-10-16(19)22/h3-10,17H,11H2,1-2H3. The molecule has 2 aliphatic rings. The first-order valence-corrected chi connectivity index (χ1v) is 8.95. The average molecular weight is 355 g/mol. The molecule has 128 valence electrons. The van der Waals surface area contributed by atoms with E-state index in [1.54, 1.807) is 36.4 Å². The van der Waals surface area contributed by atoms with Crippen molar-refractivity contribution in [2.24, 2.45) is 5.41 Å². The highest BCUT2D eigenvalue weighted by atomic mass is 32.2. The van der Waals surface area contributed by atoms with Crippen LogP contribution in [0, 0.1) is 23.7 Å². The molecule has 0 radical (unpaired) electrons. The Morgan fingerprint density at radius 1 is 1.20 bits per heavy atom. The minimum absolute atomic E-state index is 0.0375. The van der Waals surface area contributed by atoms with Crippen LogP contribution in [0.2, 0.25) is 0 Å². The summed E-state index contributed by atoms with van der Waals surface area (Å²) in [4.78, 5) is 26.1. The summed E-state index contributed by atoms with van der Waals surface area (Å²) in [5.41, 5.74) is -0.869. The fourth-order valence-corrected chi connectivity index (χ4v) is 5.42. The van der Waals surface area contributed by atoms with Crippen molar-refractivity contribution in [3.63, 3.8) is 0 Å². The molecule has 0 N–H and O–H groups in total. The lowest BCUT2D eigenvalue weighted by atomic mass is 9.60. The van der Waals surface area contributed by atoms with Gasteiger partial charge in [0.25, 0.3) is 0 Å². The molecule has 0 spiro atoms. The van der Waals surface area contributed by atoms with Crippen LogP contribution in [-0.4, -0.2) is 33.7 Å². The largest absolute Gasteiger partial charge is 0.375 e. The first-order chi connectivity index (χ1) is 11.9. The van der Waals surface area contributed by atoms with E-state index in [4.69, 9.17) is 4.74 Å². The Hall–Kier alpha value is -2.36. The minimum Gasteiger partial charge on any atom is -0.375 e. The first kappa shape index (κ1) is 17.5. The number of carbonyl (C=O) groups is 2. The monoisotopic (exact) mass is 355 g/mol. The molecule has 0 saturated carbocycles. The van der Waals surface area contributed by atoms with Crippen LogP contribution >= 0.6 is 0 Å². The van der Waals surface area contributed by atoms with E-state index >= 15 is 0 Å². The van der Waals surface area contributed by atoms with Gasteiger partial charge in [0.15, 0.2) is 17.0 Å². The van der Waals surface area contributed by atoms with E-state index in [2.05, 4.69) is 0 Å². The van der Waals surface area contributed by atoms with E-state index in [1.165, 1.54) is 7.11 Å². The maximum absolute atomic E-state index is 13.5. The van der Waals surface area contributed by atoms with Crippen molar-refractivity contribution in [2.45, 2.75) is 29.1 Å². The van der Waals surface area contributed by atoms with Gasteiger partial charge in [0.2, 0.25) is 0 Å². The summed E-state index contributed by atoms with van der Waals surface area (Å²) >= 11 is 0. The van der Waals surface area contributed by atoms with Gasteiger partial charge in [0, 0.05) is 12.0 Å². The van der Waals surface area contributed by atoms with Gasteiger partial charge in [-0.3, -0.25) is 13.8 Å². The smallest absolute Gasteiger partial charge is 0.181 e. The van der Waals surface area contributed by atoms with Crippen LogP contribution < -0.4 is 0 Å². The SMILES string of the molecule is COC1C=CCC2(S(=O)c3ccc(C)cc3)C(=O)C=CC(=O)C12C#N. The van der Waals surface area contributed by atoms with E-state index in [1.807, 2.05) is 13.0 Å². The third kappa shape index (κ3) is 2.20. The molecule has 0 fully saturated rings. The Morgan fingerprint density at radius 2 is 1.84 bits per heavy atom. The molecule has 2 aliphatic carbocycles. The second kappa shape index (κ2) is 6.17. The summed E-state index contributed by atoms with van der Waals surface area (Å²) < 4.78 is 17.2. The van der Waals surface area contributed by atoms with Gasteiger partial charge >= 0.3 is 0 Å².